The van der Waals surface area contributed by atoms with Crippen LogP contribution in [0.4, 0.5) is 5.69 Å². The van der Waals surface area contributed by atoms with E-state index in [1.54, 1.807) is 0 Å². The van der Waals surface area contributed by atoms with E-state index in [1.165, 1.54) is 11.1 Å². The van der Waals surface area contributed by atoms with Gasteiger partial charge >= 0.3 is 0 Å². The number of halogens is 1. The summed E-state index contributed by atoms with van der Waals surface area (Å²) in [5.74, 6) is 0.785. The van der Waals surface area contributed by atoms with Gasteiger partial charge in [0.25, 0.3) is 5.91 Å². The number of carbonyl (C=O) groups excluding carboxylic acids is 1. The van der Waals surface area contributed by atoms with Gasteiger partial charge in [0.05, 0.1) is 6.04 Å². The van der Waals surface area contributed by atoms with Crippen molar-refractivity contribution >= 4 is 23.2 Å². The Hall–Kier alpha value is -2.26. The molecule has 3 nitrogen and oxygen atoms in total. The van der Waals surface area contributed by atoms with Crippen LogP contribution in [0, 0.1) is 5.92 Å². The molecule has 1 amide bonds. The molecule has 2 N–H and O–H groups in total. The van der Waals surface area contributed by atoms with Crippen LogP contribution in [0.3, 0.4) is 0 Å². The summed E-state index contributed by atoms with van der Waals surface area (Å²) >= 11 is 6.05. The molecule has 1 aliphatic heterocycles. The van der Waals surface area contributed by atoms with Gasteiger partial charge in [0, 0.05) is 28.7 Å². The van der Waals surface area contributed by atoms with Crippen molar-refractivity contribution in [1.29, 1.82) is 0 Å². The molecule has 4 rings (SSSR count). The van der Waals surface area contributed by atoms with Crippen LogP contribution < -0.4 is 10.6 Å². The number of carbonyl (C=O) groups is 1. The lowest BCUT2D eigenvalue weighted by molar-refractivity contribution is 0.0955. The summed E-state index contributed by atoms with van der Waals surface area (Å²) in [6, 6.07) is 14.3. The van der Waals surface area contributed by atoms with Crippen LogP contribution in [0.2, 0.25) is 5.02 Å². The van der Waals surface area contributed by atoms with Gasteiger partial charge in [0.15, 0.2) is 0 Å². The van der Waals surface area contributed by atoms with E-state index in [1.807, 2.05) is 37.3 Å². The summed E-state index contributed by atoms with van der Waals surface area (Å²) in [7, 11) is 0. The lowest BCUT2D eigenvalue weighted by Gasteiger charge is -2.37. The van der Waals surface area contributed by atoms with Crippen LogP contribution in [0.15, 0.2) is 54.6 Å². The predicted molar refractivity (Wildman–Crippen MR) is 102 cm³/mol. The molecule has 4 heteroatoms. The highest BCUT2D eigenvalue weighted by atomic mass is 35.5. The molecule has 0 saturated carbocycles. The molecule has 128 valence electrons. The summed E-state index contributed by atoms with van der Waals surface area (Å²) in [4.78, 5) is 12.2. The lowest BCUT2D eigenvalue weighted by atomic mass is 9.76. The van der Waals surface area contributed by atoms with Gasteiger partial charge in [-0.05, 0) is 60.7 Å². The zero-order chi connectivity index (χ0) is 17.4. The molecule has 0 spiro atoms. The second-order valence-corrected chi connectivity index (χ2v) is 7.12. The summed E-state index contributed by atoms with van der Waals surface area (Å²) in [6.45, 7) is 2.57. The standard InChI is InChI=1S/C21H21ClN2O/c1-2-23-21(25)14-8-11-19-18(12-14)16-4-3-5-17(16)20(24-19)13-6-9-15(22)10-7-13/h3-4,6-12,16-17,20,24H,2,5H2,1H3,(H,23,25)/t16-,17+,20-/m1/s1. The van der Waals surface area contributed by atoms with Gasteiger partial charge in [-0.3, -0.25) is 4.79 Å². The molecule has 3 atom stereocenters. The van der Waals surface area contributed by atoms with Crippen LogP contribution in [-0.4, -0.2) is 12.5 Å². The van der Waals surface area contributed by atoms with E-state index in [0.717, 1.165) is 22.7 Å². The van der Waals surface area contributed by atoms with E-state index >= 15 is 0 Å². The maximum Gasteiger partial charge on any atom is 0.251 e. The fourth-order valence-electron chi connectivity index (χ4n) is 4.00. The number of amides is 1. The van der Waals surface area contributed by atoms with E-state index in [-0.39, 0.29) is 11.9 Å². The SMILES string of the molecule is CCNC(=O)c1ccc2c(c1)[C@@H]1C=CC[C@@H]1[C@@H](c1ccc(Cl)cc1)N2. The van der Waals surface area contributed by atoms with E-state index in [2.05, 4.69) is 34.9 Å². The Morgan fingerprint density at radius 3 is 2.80 bits per heavy atom. The number of hydrogen-bond acceptors (Lipinski definition) is 2. The third-order valence-corrected chi connectivity index (χ3v) is 5.44. The zero-order valence-electron chi connectivity index (χ0n) is 14.1. The van der Waals surface area contributed by atoms with Crippen molar-refractivity contribution in [1.82, 2.24) is 5.32 Å². The second-order valence-electron chi connectivity index (χ2n) is 6.69. The van der Waals surface area contributed by atoms with E-state index in [0.29, 0.717) is 18.4 Å². The highest BCUT2D eigenvalue weighted by Crippen LogP contribution is 2.49. The van der Waals surface area contributed by atoms with Crippen LogP contribution in [0.25, 0.3) is 0 Å². The predicted octanol–water partition coefficient (Wildman–Crippen LogP) is 4.92. The summed E-state index contributed by atoms with van der Waals surface area (Å²) in [5, 5.41) is 7.32. The molecule has 0 bridgehead atoms. The summed E-state index contributed by atoms with van der Waals surface area (Å²) in [6.07, 6.45) is 5.58. The number of hydrogen-bond donors (Lipinski definition) is 2. The van der Waals surface area contributed by atoms with Gasteiger partial charge in [0.2, 0.25) is 0 Å². The average Bonchev–Trinajstić information content (AvgIpc) is 3.11. The first-order valence-electron chi connectivity index (χ1n) is 8.78. The zero-order valence-corrected chi connectivity index (χ0v) is 14.9. The van der Waals surface area contributed by atoms with Gasteiger partial charge < -0.3 is 10.6 Å². The van der Waals surface area contributed by atoms with Crippen molar-refractivity contribution in [3.8, 4) is 0 Å². The third-order valence-electron chi connectivity index (χ3n) is 5.19. The number of benzene rings is 2. The maximum atomic E-state index is 12.2. The van der Waals surface area contributed by atoms with Crippen molar-refractivity contribution in [2.75, 3.05) is 11.9 Å². The molecular formula is C21H21ClN2O. The largest absolute Gasteiger partial charge is 0.378 e. The number of rotatable bonds is 3. The molecule has 2 aromatic rings. The smallest absolute Gasteiger partial charge is 0.251 e. The van der Waals surface area contributed by atoms with E-state index in [9.17, 15) is 4.79 Å². The van der Waals surface area contributed by atoms with Crippen molar-refractivity contribution in [2.45, 2.75) is 25.3 Å². The third kappa shape index (κ3) is 2.93. The molecular weight excluding hydrogens is 332 g/mol. The van der Waals surface area contributed by atoms with Crippen LogP contribution in [0.5, 0.6) is 0 Å². The Kier molecular flexibility index (Phi) is 4.26. The van der Waals surface area contributed by atoms with Crippen molar-refractivity contribution in [3.05, 3.63) is 76.3 Å². The Balaban J connectivity index is 1.71. The van der Waals surface area contributed by atoms with Crippen LogP contribution >= 0.6 is 11.6 Å². The minimum Gasteiger partial charge on any atom is -0.378 e. The highest BCUT2D eigenvalue weighted by Gasteiger charge is 2.38. The van der Waals surface area contributed by atoms with Gasteiger partial charge in [-0.15, -0.1) is 0 Å². The van der Waals surface area contributed by atoms with Gasteiger partial charge in [-0.1, -0.05) is 35.9 Å². The van der Waals surface area contributed by atoms with Crippen LogP contribution in [-0.2, 0) is 0 Å². The molecule has 2 aromatic carbocycles. The first kappa shape index (κ1) is 16.2. The molecule has 0 saturated heterocycles. The Labute approximate surface area is 153 Å². The normalized spacial score (nSPS) is 23.5. The van der Waals surface area contributed by atoms with Gasteiger partial charge in [-0.25, -0.2) is 0 Å². The quantitative estimate of drug-likeness (QED) is 0.770. The molecule has 0 unspecified atom stereocenters. The fourth-order valence-corrected chi connectivity index (χ4v) is 4.12. The maximum absolute atomic E-state index is 12.2. The first-order valence-corrected chi connectivity index (χ1v) is 9.16. The molecule has 1 heterocycles. The van der Waals surface area contributed by atoms with Crippen molar-refractivity contribution in [3.63, 3.8) is 0 Å². The Bertz CT molecular complexity index is 828. The molecule has 0 fully saturated rings. The number of allylic oxidation sites excluding steroid dienone is 2. The van der Waals surface area contributed by atoms with Gasteiger partial charge in [0.1, 0.15) is 0 Å². The minimum absolute atomic E-state index is 0.0105. The minimum atomic E-state index is -0.0105. The van der Waals surface area contributed by atoms with Crippen LogP contribution in [0.1, 0.15) is 46.8 Å². The first-order chi connectivity index (χ1) is 12.2. The molecule has 0 aromatic heterocycles. The van der Waals surface area contributed by atoms with Crippen molar-refractivity contribution < 1.29 is 4.79 Å². The lowest BCUT2D eigenvalue weighted by Crippen LogP contribution is -2.30. The number of fused-ring (bicyclic) bond motifs is 3. The monoisotopic (exact) mass is 352 g/mol. The fraction of sp³-hybridized carbons (Fsp3) is 0.286. The molecule has 2 aliphatic rings. The number of nitrogens with one attached hydrogen (secondary N) is 2. The average molecular weight is 353 g/mol. The molecule has 0 radical (unpaired) electrons. The molecule has 1 aliphatic carbocycles. The summed E-state index contributed by atoms with van der Waals surface area (Å²) in [5.41, 5.74) is 4.31. The van der Waals surface area contributed by atoms with Gasteiger partial charge in [-0.2, -0.15) is 0 Å². The van der Waals surface area contributed by atoms with Crippen molar-refractivity contribution in [2.24, 2.45) is 5.92 Å². The van der Waals surface area contributed by atoms with E-state index in [4.69, 9.17) is 11.6 Å². The highest BCUT2D eigenvalue weighted by molar-refractivity contribution is 6.30. The van der Waals surface area contributed by atoms with E-state index < -0.39 is 0 Å². The Morgan fingerprint density at radius 2 is 2.04 bits per heavy atom. The summed E-state index contributed by atoms with van der Waals surface area (Å²) < 4.78 is 0. The number of anilines is 1. The molecule has 25 heavy (non-hydrogen) atoms. The second kappa shape index (κ2) is 6.57. The topological polar surface area (TPSA) is 41.1 Å². The Morgan fingerprint density at radius 1 is 1.24 bits per heavy atom.